The second kappa shape index (κ2) is 7.46. The molecule has 2 rings (SSSR count). The van der Waals surface area contributed by atoms with Crippen molar-refractivity contribution in [1.82, 2.24) is 10.2 Å². The topological polar surface area (TPSA) is 44.4 Å². The summed E-state index contributed by atoms with van der Waals surface area (Å²) < 4.78 is 0. The monoisotopic (exact) mass is 289 g/mol. The van der Waals surface area contributed by atoms with Gasteiger partial charge in [0.15, 0.2) is 0 Å². The van der Waals surface area contributed by atoms with Crippen LogP contribution < -0.4 is 10.6 Å². The SMILES string of the molecule is Cc1cccc(C(C)C)c1NC(=O)NCCN1CCCC1. The van der Waals surface area contributed by atoms with Gasteiger partial charge in [-0.1, -0.05) is 32.0 Å². The Hall–Kier alpha value is -1.55. The summed E-state index contributed by atoms with van der Waals surface area (Å²) in [4.78, 5) is 14.5. The maximum Gasteiger partial charge on any atom is 0.319 e. The van der Waals surface area contributed by atoms with E-state index in [4.69, 9.17) is 0 Å². The molecule has 0 aliphatic carbocycles. The lowest BCUT2D eigenvalue weighted by Crippen LogP contribution is -2.36. The third-order valence-electron chi connectivity index (χ3n) is 4.08. The Morgan fingerprint density at radius 2 is 2.00 bits per heavy atom. The van der Waals surface area contributed by atoms with Crippen molar-refractivity contribution >= 4 is 11.7 Å². The zero-order valence-electron chi connectivity index (χ0n) is 13.4. The number of urea groups is 1. The Morgan fingerprint density at radius 1 is 1.29 bits per heavy atom. The van der Waals surface area contributed by atoms with E-state index in [1.807, 2.05) is 19.1 Å². The van der Waals surface area contributed by atoms with Gasteiger partial charge in [0.1, 0.15) is 0 Å². The van der Waals surface area contributed by atoms with Crippen LogP contribution in [0.2, 0.25) is 0 Å². The normalized spacial score (nSPS) is 15.4. The molecule has 21 heavy (non-hydrogen) atoms. The van der Waals surface area contributed by atoms with Crippen LogP contribution in [0.1, 0.15) is 43.7 Å². The van der Waals surface area contributed by atoms with Crippen LogP contribution in [0.3, 0.4) is 0 Å². The molecule has 0 atom stereocenters. The number of hydrogen-bond acceptors (Lipinski definition) is 2. The minimum Gasteiger partial charge on any atom is -0.337 e. The highest BCUT2D eigenvalue weighted by Crippen LogP contribution is 2.27. The molecule has 1 fully saturated rings. The van der Waals surface area contributed by atoms with Crippen LogP contribution in [0.5, 0.6) is 0 Å². The van der Waals surface area contributed by atoms with Gasteiger partial charge in [0.2, 0.25) is 0 Å². The van der Waals surface area contributed by atoms with Crippen molar-refractivity contribution in [1.29, 1.82) is 0 Å². The zero-order valence-corrected chi connectivity index (χ0v) is 13.4. The van der Waals surface area contributed by atoms with Crippen LogP contribution in [-0.2, 0) is 0 Å². The van der Waals surface area contributed by atoms with Gasteiger partial charge in [0.25, 0.3) is 0 Å². The van der Waals surface area contributed by atoms with E-state index in [2.05, 4.69) is 35.4 Å². The minimum atomic E-state index is -0.106. The van der Waals surface area contributed by atoms with Gasteiger partial charge >= 0.3 is 6.03 Å². The fraction of sp³-hybridized carbons (Fsp3) is 0.588. The molecule has 1 aromatic carbocycles. The predicted octanol–water partition coefficient (Wildman–Crippen LogP) is 3.34. The van der Waals surface area contributed by atoms with Crippen molar-refractivity contribution in [2.24, 2.45) is 0 Å². The molecule has 0 saturated carbocycles. The minimum absolute atomic E-state index is 0.106. The maximum atomic E-state index is 12.1. The molecule has 1 aliphatic heterocycles. The summed E-state index contributed by atoms with van der Waals surface area (Å²) in [7, 11) is 0. The zero-order chi connectivity index (χ0) is 15.2. The Labute approximate surface area is 127 Å². The van der Waals surface area contributed by atoms with Crippen molar-refractivity contribution in [3.63, 3.8) is 0 Å². The van der Waals surface area contributed by atoms with E-state index in [-0.39, 0.29) is 6.03 Å². The summed E-state index contributed by atoms with van der Waals surface area (Å²) in [6.45, 7) is 10.3. The first-order valence-electron chi connectivity index (χ1n) is 7.94. The van der Waals surface area contributed by atoms with E-state index < -0.39 is 0 Å². The highest BCUT2D eigenvalue weighted by molar-refractivity contribution is 5.91. The number of amides is 2. The fourth-order valence-corrected chi connectivity index (χ4v) is 2.83. The van der Waals surface area contributed by atoms with Crippen molar-refractivity contribution in [3.05, 3.63) is 29.3 Å². The Balaban J connectivity index is 1.87. The maximum absolute atomic E-state index is 12.1. The molecule has 2 N–H and O–H groups in total. The molecule has 4 heteroatoms. The molecule has 0 radical (unpaired) electrons. The second-order valence-corrected chi connectivity index (χ2v) is 6.12. The quantitative estimate of drug-likeness (QED) is 0.873. The first kappa shape index (κ1) is 15.8. The predicted molar refractivity (Wildman–Crippen MR) is 88.0 cm³/mol. The highest BCUT2D eigenvalue weighted by atomic mass is 16.2. The summed E-state index contributed by atoms with van der Waals surface area (Å²) in [5, 5.41) is 5.98. The third kappa shape index (κ3) is 4.46. The average molecular weight is 289 g/mol. The molecule has 1 heterocycles. The number of nitrogens with one attached hydrogen (secondary N) is 2. The van der Waals surface area contributed by atoms with Gasteiger partial charge < -0.3 is 15.5 Å². The number of aryl methyl sites for hydroxylation is 1. The van der Waals surface area contributed by atoms with Crippen molar-refractivity contribution < 1.29 is 4.79 Å². The molecule has 1 saturated heterocycles. The molecule has 116 valence electrons. The lowest BCUT2D eigenvalue weighted by molar-refractivity contribution is 0.249. The van der Waals surface area contributed by atoms with Crippen molar-refractivity contribution in [2.75, 3.05) is 31.5 Å². The van der Waals surface area contributed by atoms with Crippen LogP contribution in [0.25, 0.3) is 0 Å². The first-order chi connectivity index (χ1) is 10.1. The summed E-state index contributed by atoms with van der Waals surface area (Å²) in [6.07, 6.45) is 2.57. The van der Waals surface area contributed by atoms with Gasteiger partial charge in [0, 0.05) is 18.8 Å². The van der Waals surface area contributed by atoms with Crippen molar-refractivity contribution in [2.45, 2.75) is 39.5 Å². The van der Waals surface area contributed by atoms with Gasteiger partial charge in [-0.05, 0) is 49.9 Å². The van der Waals surface area contributed by atoms with Gasteiger partial charge in [0.05, 0.1) is 0 Å². The average Bonchev–Trinajstić information content (AvgIpc) is 2.94. The summed E-state index contributed by atoms with van der Waals surface area (Å²) in [5.74, 6) is 0.393. The van der Waals surface area contributed by atoms with E-state index >= 15 is 0 Å². The number of rotatable bonds is 5. The number of anilines is 1. The molecule has 2 amide bonds. The van der Waals surface area contributed by atoms with Crippen LogP contribution in [0.15, 0.2) is 18.2 Å². The van der Waals surface area contributed by atoms with E-state index in [1.165, 1.54) is 31.5 Å². The van der Waals surface area contributed by atoms with E-state index in [0.717, 1.165) is 17.8 Å². The molecule has 0 bridgehead atoms. The number of carbonyl (C=O) groups is 1. The molecule has 4 nitrogen and oxygen atoms in total. The van der Waals surface area contributed by atoms with Gasteiger partial charge in [-0.2, -0.15) is 0 Å². The molecular formula is C17H27N3O. The van der Waals surface area contributed by atoms with Gasteiger partial charge in [-0.15, -0.1) is 0 Å². The van der Waals surface area contributed by atoms with E-state index in [9.17, 15) is 4.79 Å². The number of nitrogens with zero attached hydrogens (tertiary/aromatic N) is 1. The summed E-state index contributed by atoms with van der Waals surface area (Å²) in [6, 6.07) is 6.05. The lowest BCUT2D eigenvalue weighted by atomic mass is 9.98. The van der Waals surface area contributed by atoms with Crippen LogP contribution in [0.4, 0.5) is 10.5 Å². The molecule has 1 aromatic rings. The second-order valence-electron chi connectivity index (χ2n) is 6.12. The number of hydrogen-bond donors (Lipinski definition) is 2. The number of carbonyl (C=O) groups excluding carboxylic acids is 1. The number of likely N-dealkylation sites (tertiary alicyclic amines) is 1. The standard InChI is InChI=1S/C17H27N3O/c1-13(2)15-8-6-7-14(3)16(15)19-17(21)18-9-12-20-10-4-5-11-20/h6-8,13H,4-5,9-12H2,1-3H3,(H2,18,19,21). The Bertz CT molecular complexity index is 479. The molecular weight excluding hydrogens is 262 g/mol. The molecule has 0 aromatic heterocycles. The smallest absolute Gasteiger partial charge is 0.319 e. The van der Waals surface area contributed by atoms with Crippen LogP contribution in [0, 0.1) is 6.92 Å². The summed E-state index contributed by atoms with van der Waals surface area (Å²) >= 11 is 0. The first-order valence-corrected chi connectivity index (χ1v) is 7.94. The molecule has 1 aliphatic rings. The van der Waals surface area contributed by atoms with E-state index in [0.29, 0.717) is 12.5 Å². The fourth-order valence-electron chi connectivity index (χ4n) is 2.83. The third-order valence-corrected chi connectivity index (χ3v) is 4.08. The van der Waals surface area contributed by atoms with E-state index in [1.54, 1.807) is 0 Å². The number of benzene rings is 1. The van der Waals surface area contributed by atoms with Crippen LogP contribution >= 0.6 is 0 Å². The summed E-state index contributed by atoms with van der Waals surface area (Å²) in [5.41, 5.74) is 3.24. The van der Waals surface area contributed by atoms with Gasteiger partial charge in [-0.3, -0.25) is 0 Å². The highest BCUT2D eigenvalue weighted by Gasteiger charge is 2.13. The van der Waals surface area contributed by atoms with Gasteiger partial charge in [-0.25, -0.2) is 4.79 Å². The largest absolute Gasteiger partial charge is 0.337 e. The molecule has 0 unspecified atom stereocenters. The number of para-hydroxylation sites is 1. The molecule has 0 spiro atoms. The Kier molecular flexibility index (Phi) is 5.62. The lowest BCUT2D eigenvalue weighted by Gasteiger charge is -2.18. The van der Waals surface area contributed by atoms with Crippen molar-refractivity contribution in [3.8, 4) is 0 Å². The van der Waals surface area contributed by atoms with Crippen LogP contribution in [-0.4, -0.2) is 37.1 Å². The Morgan fingerprint density at radius 3 is 2.67 bits per heavy atom.